The van der Waals surface area contributed by atoms with Gasteiger partial charge in [0, 0.05) is 0 Å². The first-order valence-corrected chi connectivity index (χ1v) is 30.6. The third-order valence-electron chi connectivity index (χ3n) is 12.2. The van der Waals surface area contributed by atoms with Gasteiger partial charge in [0.2, 0.25) is 0 Å². The molecule has 0 bridgehead atoms. The molecule has 0 spiro atoms. The van der Waals surface area contributed by atoms with Gasteiger partial charge in [0.25, 0.3) is 0 Å². The summed E-state index contributed by atoms with van der Waals surface area (Å²) in [5.41, 5.74) is -0.495. The Hall–Kier alpha value is -5.42. The minimum atomic E-state index is -3.27. The van der Waals surface area contributed by atoms with Crippen LogP contribution in [0, 0.1) is 0 Å². The summed E-state index contributed by atoms with van der Waals surface area (Å²) in [6.45, 7) is 0. The van der Waals surface area contributed by atoms with E-state index in [0.717, 1.165) is 54.3 Å². The van der Waals surface area contributed by atoms with E-state index in [-0.39, 0.29) is 0 Å². The number of benzene rings is 9. The van der Waals surface area contributed by atoms with Gasteiger partial charge >= 0.3 is 373 Å². The van der Waals surface area contributed by atoms with Crippen LogP contribution in [0.15, 0.2) is 237 Å². The fourth-order valence-electron chi connectivity index (χ4n) is 9.13. The van der Waals surface area contributed by atoms with Gasteiger partial charge < -0.3 is 0 Å². The van der Waals surface area contributed by atoms with Crippen LogP contribution in [-0.2, 0) is 4.57 Å². The maximum absolute atomic E-state index is 15.8. The average Bonchev–Trinajstić information content (AvgIpc) is 3.76. The summed E-state index contributed by atoms with van der Waals surface area (Å²) in [6, 6.07) is 83.5. The van der Waals surface area contributed by atoms with Gasteiger partial charge in [-0.05, 0) is 0 Å². The zero-order valence-electron chi connectivity index (χ0n) is 34.0. The Morgan fingerprint density at radius 1 is 0.333 bits per heavy atom. The number of hydrogen-bond donors (Lipinski definition) is 0. The Morgan fingerprint density at radius 3 is 1.17 bits per heavy atom. The van der Waals surface area contributed by atoms with Crippen molar-refractivity contribution >= 4 is 134 Å². The molecule has 11 rings (SSSR count). The summed E-state index contributed by atoms with van der Waals surface area (Å²) >= 11 is 7.54. The molecule has 8 heteroatoms. The number of pyridine rings is 1. The van der Waals surface area contributed by atoms with Crippen molar-refractivity contribution in [2.75, 3.05) is 0 Å². The molecule has 2 aromatic heterocycles. The van der Waals surface area contributed by atoms with E-state index in [9.17, 15) is 0 Å². The van der Waals surface area contributed by atoms with Crippen LogP contribution in [0.5, 0.6) is 0 Å². The predicted molar refractivity (Wildman–Crippen MR) is 276 cm³/mol. The van der Waals surface area contributed by atoms with E-state index >= 15 is 4.57 Å². The Balaban J connectivity index is 1.23. The first kappa shape index (κ1) is 40.4. The van der Waals surface area contributed by atoms with Crippen molar-refractivity contribution < 1.29 is 4.57 Å². The topological polar surface area (TPSA) is 34.4 Å². The fraction of sp³-hybridized carbons (Fsp3) is 0. The zero-order valence-corrected chi connectivity index (χ0v) is 40.1. The normalized spacial score (nSPS) is 12.3. The molecular weight excluding hydrogens is 955 g/mol. The molecule has 0 atom stereocenters. The van der Waals surface area contributed by atoms with E-state index in [0.29, 0.717) is 0 Å². The second kappa shape index (κ2) is 16.3. The predicted octanol–water partition coefficient (Wildman–Crippen LogP) is 9.19. The van der Waals surface area contributed by atoms with Gasteiger partial charge in [-0.1, -0.05) is 12.1 Å². The summed E-state index contributed by atoms with van der Waals surface area (Å²) in [5, 5.41) is 13.0. The summed E-state index contributed by atoms with van der Waals surface area (Å²) in [4.78, 5) is 5.57. The number of fused-ring (bicyclic) bond motifs is 8. The Labute approximate surface area is 382 Å². The van der Waals surface area contributed by atoms with Crippen molar-refractivity contribution in [3.05, 3.63) is 237 Å². The van der Waals surface area contributed by atoms with Crippen LogP contribution in [0.3, 0.4) is 0 Å². The van der Waals surface area contributed by atoms with Gasteiger partial charge in [-0.2, -0.15) is 0 Å². The molecule has 0 N–H and O–H groups in total. The molecule has 0 aliphatic rings. The van der Waals surface area contributed by atoms with Gasteiger partial charge in [0.1, 0.15) is 0 Å². The van der Waals surface area contributed by atoms with Gasteiger partial charge in [-0.15, -0.1) is 0 Å². The number of rotatable bonds is 9. The average molecular weight is 995 g/mol. The SMILES string of the molecule is O=P(c1ccccc1)(c1ccccc1)c1ccc2c(c1)c1ccc(P(=[Se])(c3ccccc3)c3ccccc3)cc1n1c3ccc(P(=[Se])(c4ccccc4)c4ccccc4)cc3nc21. The summed E-state index contributed by atoms with van der Waals surface area (Å²) in [5.74, 6) is 0. The van der Waals surface area contributed by atoms with Crippen molar-refractivity contribution in [3.63, 3.8) is 0 Å². The zero-order chi connectivity index (χ0) is 42.6. The fourth-order valence-corrected chi connectivity index (χ4v) is 21.6. The van der Waals surface area contributed by atoms with Crippen LogP contribution in [0.2, 0.25) is 0 Å². The molecule has 0 saturated heterocycles. The number of hydrogen-bond acceptors (Lipinski definition) is 2. The quantitative estimate of drug-likeness (QED) is 0.0822. The molecule has 0 fully saturated rings. The van der Waals surface area contributed by atoms with Crippen molar-refractivity contribution in [2.24, 2.45) is 0 Å². The first-order chi connectivity index (χ1) is 30.9. The van der Waals surface area contributed by atoms with Crippen LogP contribution < -0.4 is 47.7 Å². The standard InChI is InChI=1S/C55H39N2OP3Se2/c58-59(40-19-7-1-8-20-40,41-21-9-2-10-22-41)46-31-35-50-51(37-46)49-34-32-48(61(63,44-27-15-5-16-28-44)45-29-17-6-18-30-45)39-54(49)57-53-36-33-47(38-52(53)56-55(50)57)60(62,42-23-11-3-12-24-42)43-25-13-4-14-26-43/h1-39H. The Morgan fingerprint density at radius 2 is 0.714 bits per heavy atom. The Bertz CT molecular complexity index is 3510. The van der Waals surface area contributed by atoms with Gasteiger partial charge in [-0.3, -0.25) is 0 Å². The van der Waals surface area contributed by atoms with Crippen LogP contribution in [0.1, 0.15) is 0 Å². The second-order valence-electron chi connectivity index (χ2n) is 15.7. The van der Waals surface area contributed by atoms with Crippen molar-refractivity contribution in [1.29, 1.82) is 0 Å². The van der Waals surface area contributed by atoms with Crippen molar-refractivity contribution in [1.82, 2.24) is 9.38 Å². The molecule has 2 heterocycles. The second-order valence-corrected chi connectivity index (χ2v) is 30.9. The molecule has 0 unspecified atom stereocenters. The van der Waals surface area contributed by atoms with Gasteiger partial charge in [0.05, 0.1) is 0 Å². The number of imidazole rings is 1. The van der Waals surface area contributed by atoms with E-state index in [1.54, 1.807) is 0 Å². The van der Waals surface area contributed by atoms with Gasteiger partial charge in [0.15, 0.2) is 0 Å². The molecule has 0 amide bonds. The molecule has 3 nitrogen and oxygen atoms in total. The van der Waals surface area contributed by atoms with Crippen LogP contribution >= 0.6 is 18.2 Å². The summed E-state index contributed by atoms with van der Waals surface area (Å²) < 4.78 is 18.2. The summed E-state index contributed by atoms with van der Waals surface area (Å²) in [6.07, 6.45) is 0. The minimum absolute atomic E-state index is 0.793. The number of aromatic nitrogens is 2. The van der Waals surface area contributed by atoms with Crippen LogP contribution in [0.25, 0.3) is 38.4 Å². The van der Waals surface area contributed by atoms with Crippen molar-refractivity contribution in [3.8, 4) is 0 Å². The van der Waals surface area contributed by atoms with E-state index in [1.807, 2.05) is 60.7 Å². The first-order valence-electron chi connectivity index (χ1n) is 20.9. The third kappa shape index (κ3) is 6.62. The van der Waals surface area contributed by atoms with E-state index < -0.39 is 18.2 Å². The molecule has 0 aliphatic carbocycles. The van der Waals surface area contributed by atoms with E-state index in [2.05, 4.69) is 211 Å². The molecule has 63 heavy (non-hydrogen) atoms. The molecule has 11 aromatic rings. The van der Waals surface area contributed by atoms with Crippen LogP contribution in [0.4, 0.5) is 0 Å². The maximum atomic E-state index is 15.8. The molecule has 9 aromatic carbocycles. The third-order valence-corrected chi connectivity index (χ3v) is 29.3. The molecular formula is C55H39N2OP3Se2. The monoisotopic (exact) mass is 996 g/mol. The molecule has 0 aliphatic heterocycles. The van der Waals surface area contributed by atoms with Crippen LogP contribution in [-0.4, -0.2) is 39.6 Å². The van der Waals surface area contributed by atoms with E-state index in [4.69, 9.17) is 4.98 Å². The molecule has 0 radical (unpaired) electrons. The molecule has 0 saturated carbocycles. The molecule has 302 valence electrons. The van der Waals surface area contributed by atoms with E-state index in [1.165, 1.54) is 31.8 Å². The number of nitrogens with zero attached hydrogens (tertiary/aromatic N) is 2. The Kier molecular flexibility index (Phi) is 10.4. The van der Waals surface area contributed by atoms with Gasteiger partial charge in [-0.25, -0.2) is 0 Å². The summed E-state index contributed by atoms with van der Waals surface area (Å²) in [7, 11) is -3.27. The van der Waals surface area contributed by atoms with Crippen molar-refractivity contribution in [2.45, 2.75) is 0 Å².